The standard InChI is InChI=1S/C26H26OP2/c1-19-20(2)26-24(18-25(19)29(26,27)23-16-10-5-11-17-23)28(21-12-6-3-7-13-21)22-14-8-4-9-15-22/h3-17,24-26H,18H2,1-2H3/t24-,25-,26-,29-/m1/s1. The van der Waals surface area contributed by atoms with E-state index in [9.17, 15) is 4.57 Å². The molecule has 3 aromatic carbocycles. The first-order valence-corrected chi connectivity index (χ1v) is 13.6. The maximum absolute atomic E-state index is 14.7. The minimum Gasteiger partial charge on any atom is -0.317 e. The fourth-order valence-electron chi connectivity index (χ4n) is 5.46. The van der Waals surface area contributed by atoms with Gasteiger partial charge in [0, 0.05) is 22.3 Å². The topological polar surface area (TPSA) is 17.1 Å². The van der Waals surface area contributed by atoms with Crippen molar-refractivity contribution < 1.29 is 4.57 Å². The molecule has 3 heteroatoms. The summed E-state index contributed by atoms with van der Waals surface area (Å²) >= 11 is 0. The summed E-state index contributed by atoms with van der Waals surface area (Å²) in [5, 5.41) is 3.87. The van der Waals surface area contributed by atoms with Crippen molar-refractivity contribution in [3.63, 3.8) is 0 Å². The van der Waals surface area contributed by atoms with Gasteiger partial charge in [0.25, 0.3) is 0 Å². The molecule has 2 bridgehead atoms. The first-order valence-electron chi connectivity index (χ1n) is 10.3. The predicted molar refractivity (Wildman–Crippen MR) is 127 cm³/mol. The molecule has 4 atom stereocenters. The summed E-state index contributed by atoms with van der Waals surface area (Å²) in [5.74, 6) is 0. The molecule has 0 saturated carbocycles. The highest BCUT2D eigenvalue weighted by Crippen LogP contribution is 2.75. The molecular weight excluding hydrogens is 390 g/mol. The van der Waals surface area contributed by atoms with Crippen LogP contribution in [0.25, 0.3) is 0 Å². The largest absolute Gasteiger partial charge is 0.317 e. The van der Waals surface area contributed by atoms with Crippen molar-refractivity contribution in [3.05, 3.63) is 102 Å². The molecule has 0 unspecified atom stereocenters. The van der Waals surface area contributed by atoms with E-state index in [1.165, 1.54) is 21.8 Å². The number of hydrogen-bond acceptors (Lipinski definition) is 1. The molecule has 29 heavy (non-hydrogen) atoms. The Balaban J connectivity index is 1.67. The Morgan fingerprint density at radius 1 is 0.724 bits per heavy atom. The molecule has 146 valence electrons. The van der Waals surface area contributed by atoms with Crippen LogP contribution in [0.5, 0.6) is 0 Å². The van der Waals surface area contributed by atoms with E-state index >= 15 is 0 Å². The van der Waals surface area contributed by atoms with E-state index < -0.39 is 15.1 Å². The second-order valence-corrected chi connectivity index (χ2v) is 13.8. The third kappa shape index (κ3) is 2.91. The SMILES string of the molecule is CC1=C(C)[C@@H]2[C@H](P(c3ccccc3)c3ccccc3)C[C@H]1[P@]2(=O)c1ccccc1. The van der Waals surface area contributed by atoms with E-state index in [0.717, 1.165) is 11.7 Å². The van der Waals surface area contributed by atoms with E-state index in [4.69, 9.17) is 0 Å². The number of hydrogen-bond donors (Lipinski definition) is 0. The van der Waals surface area contributed by atoms with Gasteiger partial charge in [0.2, 0.25) is 0 Å². The molecule has 2 heterocycles. The number of benzene rings is 3. The smallest absolute Gasteiger partial charge is 0.129 e. The van der Waals surface area contributed by atoms with Crippen LogP contribution < -0.4 is 15.9 Å². The van der Waals surface area contributed by atoms with Crippen LogP contribution in [-0.2, 0) is 4.57 Å². The lowest BCUT2D eigenvalue weighted by molar-refractivity contribution is 0.579. The van der Waals surface area contributed by atoms with Gasteiger partial charge in [-0.25, -0.2) is 0 Å². The van der Waals surface area contributed by atoms with Gasteiger partial charge in [0.15, 0.2) is 0 Å². The van der Waals surface area contributed by atoms with Crippen molar-refractivity contribution in [1.29, 1.82) is 0 Å². The van der Waals surface area contributed by atoms with E-state index in [1.807, 2.05) is 18.2 Å². The van der Waals surface area contributed by atoms with Gasteiger partial charge in [-0.2, -0.15) is 0 Å². The normalized spacial score (nSPS) is 28.3. The van der Waals surface area contributed by atoms with Crippen LogP contribution in [0.2, 0.25) is 0 Å². The van der Waals surface area contributed by atoms with Crippen molar-refractivity contribution in [2.24, 2.45) is 0 Å². The zero-order valence-corrected chi connectivity index (χ0v) is 18.7. The summed E-state index contributed by atoms with van der Waals surface area (Å²) < 4.78 is 14.7. The molecule has 1 saturated heterocycles. The summed E-state index contributed by atoms with van der Waals surface area (Å²) in [6.07, 6.45) is 1.04. The molecule has 5 rings (SSSR count). The maximum atomic E-state index is 14.7. The highest BCUT2D eigenvalue weighted by Gasteiger charge is 2.60. The monoisotopic (exact) mass is 416 g/mol. The highest BCUT2D eigenvalue weighted by molar-refractivity contribution is 7.78. The summed E-state index contributed by atoms with van der Waals surface area (Å²) in [6, 6.07) is 32.1. The maximum Gasteiger partial charge on any atom is 0.129 e. The van der Waals surface area contributed by atoms with Crippen molar-refractivity contribution in [3.8, 4) is 0 Å². The molecule has 1 nitrogen and oxygen atoms in total. The molecule has 0 N–H and O–H groups in total. The molecule has 0 aliphatic carbocycles. The quantitative estimate of drug-likeness (QED) is 0.396. The third-order valence-electron chi connectivity index (χ3n) is 6.83. The number of fused-ring (bicyclic) bond motifs is 2. The van der Waals surface area contributed by atoms with Crippen molar-refractivity contribution in [1.82, 2.24) is 0 Å². The lowest BCUT2D eigenvalue weighted by atomic mass is 9.94. The average Bonchev–Trinajstić information content (AvgIpc) is 3.17. The Hall–Kier alpha value is -1.94. The summed E-state index contributed by atoms with van der Waals surface area (Å²) in [6.45, 7) is 4.46. The van der Waals surface area contributed by atoms with E-state index in [-0.39, 0.29) is 11.3 Å². The second-order valence-electron chi connectivity index (χ2n) is 8.22. The Kier molecular flexibility index (Phi) is 4.85. The molecule has 0 aromatic heterocycles. The first-order chi connectivity index (χ1) is 14.1. The lowest BCUT2D eigenvalue weighted by Crippen LogP contribution is -2.30. The van der Waals surface area contributed by atoms with Crippen LogP contribution in [0.1, 0.15) is 20.3 Å². The van der Waals surface area contributed by atoms with Gasteiger partial charge in [-0.1, -0.05) is 102 Å². The van der Waals surface area contributed by atoms with Gasteiger partial charge < -0.3 is 4.57 Å². The summed E-state index contributed by atoms with van der Waals surface area (Å²) in [4.78, 5) is 0. The Morgan fingerprint density at radius 2 is 1.21 bits per heavy atom. The lowest BCUT2D eigenvalue weighted by Gasteiger charge is -2.33. The highest BCUT2D eigenvalue weighted by atomic mass is 31.2. The van der Waals surface area contributed by atoms with Gasteiger partial charge >= 0.3 is 0 Å². The van der Waals surface area contributed by atoms with E-state index in [1.54, 1.807) is 0 Å². The second kappa shape index (κ2) is 7.39. The average molecular weight is 416 g/mol. The zero-order valence-electron chi connectivity index (χ0n) is 16.9. The molecular formula is C26H26OP2. The van der Waals surface area contributed by atoms with E-state index in [0.29, 0.717) is 5.66 Å². The first kappa shape index (κ1) is 19.0. The number of allylic oxidation sites excluding steroid dienone is 2. The molecule has 0 radical (unpaired) electrons. The van der Waals surface area contributed by atoms with Gasteiger partial charge in [-0.3, -0.25) is 0 Å². The Labute approximate surface area is 175 Å². The molecule has 0 spiro atoms. The van der Waals surface area contributed by atoms with Crippen LogP contribution >= 0.6 is 15.1 Å². The van der Waals surface area contributed by atoms with E-state index in [2.05, 4.69) is 86.6 Å². The van der Waals surface area contributed by atoms with Crippen molar-refractivity contribution in [2.75, 3.05) is 0 Å². The van der Waals surface area contributed by atoms with Crippen LogP contribution in [0.3, 0.4) is 0 Å². The fraction of sp³-hybridized carbons (Fsp3) is 0.231. The van der Waals surface area contributed by atoms with Crippen LogP contribution in [-0.4, -0.2) is 17.0 Å². The summed E-state index contributed by atoms with van der Waals surface area (Å²) in [5.41, 5.74) is 3.57. The molecule has 2 aliphatic rings. The molecule has 3 aromatic rings. The van der Waals surface area contributed by atoms with Gasteiger partial charge in [-0.05, 0) is 38.8 Å². The molecule has 2 aliphatic heterocycles. The van der Waals surface area contributed by atoms with Gasteiger partial charge in [-0.15, -0.1) is 0 Å². The third-order valence-corrected chi connectivity index (χ3v) is 14.2. The van der Waals surface area contributed by atoms with Crippen LogP contribution in [0, 0.1) is 0 Å². The van der Waals surface area contributed by atoms with Gasteiger partial charge in [0.1, 0.15) is 7.14 Å². The Bertz CT molecular complexity index is 1050. The van der Waals surface area contributed by atoms with Crippen LogP contribution in [0.15, 0.2) is 102 Å². The fourth-order valence-corrected chi connectivity index (χ4v) is 14.0. The van der Waals surface area contributed by atoms with Crippen molar-refractivity contribution in [2.45, 2.75) is 37.2 Å². The van der Waals surface area contributed by atoms with Gasteiger partial charge in [0.05, 0.1) is 0 Å². The minimum atomic E-state index is -2.51. The molecule has 1 fully saturated rings. The summed E-state index contributed by atoms with van der Waals surface area (Å²) in [7, 11) is -3.08. The minimum absolute atomic E-state index is 0.168. The molecule has 0 amide bonds. The predicted octanol–water partition coefficient (Wildman–Crippen LogP) is 5.67. The zero-order chi connectivity index (χ0) is 20.0. The van der Waals surface area contributed by atoms with Crippen molar-refractivity contribution >= 4 is 31.0 Å². The number of rotatable bonds is 4. The Morgan fingerprint density at radius 3 is 1.72 bits per heavy atom. The van der Waals surface area contributed by atoms with Crippen LogP contribution in [0.4, 0.5) is 0 Å².